The monoisotopic (exact) mass is 252 g/mol. The van der Waals surface area contributed by atoms with Gasteiger partial charge in [0.15, 0.2) is 0 Å². The fourth-order valence-electron chi connectivity index (χ4n) is 1.78. The molecule has 4 heteroatoms. The van der Waals surface area contributed by atoms with Crippen molar-refractivity contribution in [2.45, 2.75) is 6.92 Å². The molecule has 2 rings (SSSR count). The number of nitrogens with zero attached hydrogens (tertiary/aromatic N) is 1. The van der Waals surface area contributed by atoms with Crippen LogP contribution in [0.1, 0.15) is 21.5 Å². The topological polar surface area (TPSA) is 73.1 Å². The minimum absolute atomic E-state index is 0.179. The highest BCUT2D eigenvalue weighted by molar-refractivity contribution is 5.95. The lowest BCUT2D eigenvalue weighted by Gasteiger charge is -2.11. The summed E-state index contributed by atoms with van der Waals surface area (Å²) in [5.41, 5.74) is 2.67. The van der Waals surface area contributed by atoms with Gasteiger partial charge in [0.25, 0.3) is 0 Å². The van der Waals surface area contributed by atoms with Crippen molar-refractivity contribution in [3.8, 4) is 6.07 Å². The number of carbonyl (C=O) groups is 1. The number of nitriles is 1. The lowest BCUT2D eigenvalue weighted by atomic mass is 10.1. The summed E-state index contributed by atoms with van der Waals surface area (Å²) in [5.74, 6) is -1.00. The fourth-order valence-corrected chi connectivity index (χ4v) is 1.78. The molecule has 0 aromatic heterocycles. The smallest absolute Gasteiger partial charge is 0.337 e. The molecule has 0 aliphatic heterocycles. The van der Waals surface area contributed by atoms with E-state index in [4.69, 9.17) is 10.4 Å². The Kier molecular flexibility index (Phi) is 3.48. The predicted octanol–water partition coefficient (Wildman–Crippen LogP) is 3.31. The van der Waals surface area contributed by atoms with Crippen LogP contribution in [0.15, 0.2) is 42.5 Å². The van der Waals surface area contributed by atoms with Gasteiger partial charge in [0, 0.05) is 0 Å². The lowest BCUT2D eigenvalue weighted by Crippen LogP contribution is -2.03. The molecule has 0 unspecified atom stereocenters. The largest absolute Gasteiger partial charge is 0.478 e. The molecule has 19 heavy (non-hydrogen) atoms. The van der Waals surface area contributed by atoms with Gasteiger partial charge < -0.3 is 10.4 Å². The SMILES string of the molecule is Cc1ccc(C(=O)O)c(Nc2ccccc2C#N)c1. The predicted molar refractivity (Wildman–Crippen MR) is 72.6 cm³/mol. The van der Waals surface area contributed by atoms with Crippen LogP contribution in [-0.4, -0.2) is 11.1 Å². The van der Waals surface area contributed by atoms with E-state index in [1.54, 1.807) is 42.5 Å². The van der Waals surface area contributed by atoms with E-state index in [9.17, 15) is 4.79 Å². The van der Waals surface area contributed by atoms with Crippen LogP contribution < -0.4 is 5.32 Å². The maximum atomic E-state index is 11.2. The van der Waals surface area contributed by atoms with Gasteiger partial charge in [-0.2, -0.15) is 5.26 Å². The number of rotatable bonds is 3. The molecule has 0 saturated heterocycles. The number of carboxylic acids is 1. The van der Waals surface area contributed by atoms with Crippen molar-refractivity contribution in [2.75, 3.05) is 5.32 Å². The normalized spacial score (nSPS) is 9.68. The number of aryl methyl sites for hydroxylation is 1. The van der Waals surface area contributed by atoms with Crippen molar-refractivity contribution in [1.29, 1.82) is 5.26 Å². The zero-order valence-electron chi connectivity index (χ0n) is 10.3. The standard InChI is InChI=1S/C15H12N2O2/c1-10-6-7-12(15(18)19)14(8-10)17-13-5-3-2-4-11(13)9-16/h2-8,17H,1H3,(H,18,19). The molecule has 2 N–H and O–H groups in total. The molecule has 0 fully saturated rings. The van der Waals surface area contributed by atoms with Gasteiger partial charge in [-0.1, -0.05) is 18.2 Å². The molecule has 0 amide bonds. The minimum atomic E-state index is -1.00. The Morgan fingerprint density at radius 3 is 2.63 bits per heavy atom. The Bertz CT molecular complexity index is 672. The van der Waals surface area contributed by atoms with Crippen LogP contribution in [0, 0.1) is 18.3 Å². The first-order chi connectivity index (χ1) is 9.11. The van der Waals surface area contributed by atoms with Crippen LogP contribution in [0.5, 0.6) is 0 Å². The van der Waals surface area contributed by atoms with Crippen molar-refractivity contribution >= 4 is 17.3 Å². The maximum Gasteiger partial charge on any atom is 0.337 e. The first-order valence-corrected chi connectivity index (χ1v) is 5.72. The van der Waals surface area contributed by atoms with E-state index in [1.165, 1.54) is 0 Å². The number of aromatic carboxylic acids is 1. The van der Waals surface area contributed by atoms with Crippen LogP contribution in [0.2, 0.25) is 0 Å². The maximum absolute atomic E-state index is 11.2. The highest BCUT2D eigenvalue weighted by Gasteiger charge is 2.11. The molecule has 0 spiro atoms. The number of hydrogen-bond acceptors (Lipinski definition) is 3. The highest BCUT2D eigenvalue weighted by atomic mass is 16.4. The van der Waals surface area contributed by atoms with Gasteiger partial charge in [-0.15, -0.1) is 0 Å². The Morgan fingerprint density at radius 1 is 1.21 bits per heavy atom. The van der Waals surface area contributed by atoms with Crippen LogP contribution in [0.4, 0.5) is 11.4 Å². The zero-order valence-corrected chi connectivity index (χ0v) is 10.3. The molecule has 0 atom stereocenters. The third kappa shape index (κ3) is 2.72. The summed E-state index contributed by atoms with van der Waals surface area (Å²) in [6.45, 7) is 1.88. The number of carboxylic acid groups (broad SMARTS) is 1. The zero-order chi connectivity index (χ0) is 13.8. The van der Waals surface area contributed by atoms with Crippen molar-refractivity contribution in [3.63, 3.8) is 0 Å². The van der Waals surface area contributed by atoms with E-state index in [1.807, 2.05) is 6.92 Å². The minimum Gasteiger partial charge on any atom is -0.478 e. The summed E-state index contributed by atoms with van der Waals surface area (Å²) in [7, 11) is 0. The molecule has 0 aliphatic carbocycles. The summed E-state index contributed by atoms with van der Waals surface area (Å²) in [4.78, 5) is 11.2. The van der Waals surface area contributed by atoms with Crippen LogP contribution in [-0.2, 0) is 0 Å². The number of benzene rings is 2. The van der Waals surface area contributed by atoms with E-state index in [2.05, 4.69) is 11.4 Å². The second kappa shape index (κ2) is 5.23. The van der Waals surface area contributed by atoms with E-state index < -0.39 is 5.97 Å². The van der Waals surface area contributed by atoms with Gasteiger partial charge in [0.2, 0.25) is 0 Å². The fraction of sp³-hybridized carbons (Fsp3) is 0.0667. The Hall–Kier alpha value is -2.80. The van der Waals surface area contributed by atoms with Gasteiger partial charge in [0.05, 0.1) is 22.5 Å². The molecule has 0 bridgehead atoms. The molecular formula is C15H12N2O2. The molecular weight excluding hydrogens is 240 g/mol. The summed E-state index contributed by atoms with van der Waals surface area (Å²) in [5, 5.41) is 21.2. The molecule has 0 heterocycles. The highest BCUT2D eigenvalue weighted by Crippen LogP contribution is 2.24. The molecule has 0 aliphatic rings. The molecule has 94 valence electrons. The number of nitrogens with one attached hydrogen (secondary N) is 1. The summed E-state index contributed by atoms with van der Waals surface area (Å²) < 4.78 is 0. The molecule has 2 aromatic carbocycles. The van der Waals surface area contributed by atoms with Gasteiger partial charge in [0.1, 0.15) is 6.07 Å². The summed E-state index contributed by atoms with van der Waals surface area (Å²) in [6, 6.07) is 14.1. The number of anilines is 2. The average Bonchev–Trinajstić information content (AvgIpc) is 2.39. The first kappa shape index (κ1) is 12.7. The van der Waals surface area contributed by atoms with Gasteiger partial charge in [-0.3, -0.25) is 0 Å². The van der Waals surface area contributed by atoms with E-state index in [-0.39, 0.29) is 5.56 Å². The Labute approximate surface area is 110 Å². The van der Waals surface area contributed by atoms with Crippen LogP contribution in [0.25, 0.3) is 0 Å². The van der Waals surface area contributed by atoms with Crippen molar-refractivity contribution in [1.82, 2.24) is 0 Å². The van der Waals surface area contributed by atoms with Gasteiger partial charge >= 0.3 is 5.97 Å². The molecule has 2 aromatic rings. The molecule has 0 saturated carbocycles. The van der Waals surface area contributed by atoms with E-state index in [0.29, 0.717) is 16.9 Å². The van der Waals surface area contributed by atoms with Crippen molar-refractivity contribution in [2.24, 2.45) is 0 Å². The van der Waals surface area contributed by atoms with Crippen molar-refractivity contribution in [3.05, 3.63) is 59.2 Å². The third-order valence-corrected chi connectivity index (χ3v) is 2.72. The second-order valence-electron chi connectivity index (χ2n) is 4.14. The number of hydrogen-bond donors (Lipinski definition) is 2. The van der Waals surface area contributed by atoms with Gasteiger partial charge in [-0.25, -0.2) is 4.79 Å². The quantitative estimate of drug-likeness (QED) is 0.878. The van der Waals surface area contributed by atoms with Gasteiger partial charge in [-0.05, 0) is 36.8 Å². The third-order valence-electron chi connectivity index (χ3n) is 2.72. The Balaban J connectivity index is 2.46. The molecule has 0 radical (unpaired) electrons. The summed E-state index contributed by atoms with van der Waals surface area (Å²) in [6.07, 6.45) is 0. The van der Waals surface area contributed by atoms with E-state index >= 15 is 0 Å². The first-order valence-electron chi connectivity index (χ1n) is 5.72. The van der Waals surface area contributed by atoms with Crippen LogP contribution >= 0.6 is 0 Å². The molecule has 4 nitrogen and oxygen atoms in total. The summed E-state index contributed by atoms with van der Waals surface area (Å²) >= 11 is 0. The van der Waals surface area contributed by atoms with Crippen molar-refractivity contribution < 1.29 is 9.90 Å². The van der Waals surface area contributed by atoms with E-state index in [0.717, 1.165) is 5.56 Å². The van der Waals surface area contributed by atoms with Crippen LogP contribution in [0.3, 0.4) is 0 Å². The average molecular weight is 252 g/mol. The Morgan fingerprint density at radius 2 is 1.95 bits per heavy atom. The number of para-hydroxylation sites is 1. The lowest BCUT2D eigenvalue weighted by molar-refractivity contribution is 0.0698. The second-order valence-corrected chi connectivity index (χ2v) is 4.14.